The minimum Gasteiger partial charge on any atom is -0.380 e. The minimum atomic E-state index is 0.760. The van der Waals surface area contributed by atoms with Gasteiger partial charge in [0.2, 0.25) is 0 Å². The Kier molecular flexibility index (Phi) is 3.74. The number of ether oxygens (including phenoxy) is 1. The van der Waals surface area contributed by atoms with Crippen molar-refractivity contribution < 1.29 is 4.74 Å². The summed E-state index contributed by atoms with van der Waals surface area (Å²) in [6.07, 6.45) is 2.71. The van der Waals surface area contributed by atoms with Gasteiger partial charge < -0.3 is 9.64 Å². The van der Waals surface area contributed by atoms with Crippen LogP contribution in [0.5, 0.6) is 0 Å². The molecule has 1 aliphatic rings. The molecule has 0 amide bonds. The molecule has 0 spiro atoms. The summed E-state index contributed by atoms with van der Waals surface area (Å²) in [5, 5.41) is 3.35. The van der Waals surface area contributed by atoms with Gasteiger partial charge >= 0.3 is 0 Å². The van der Waals surface area contributed by atoms with Crippen molar-refractivity contribution in [1.29, 1.82) is 0 Å². The van der Waals surface area contributed by atoms with Gasteiger partial charge in [-0.25, -0.2) is 9.97 Å². The largest absolute Gasteiger partial charge is 0.380 e. The highest BCUT2D eigenvalue weighted by Crippen LogP contribution is 2.37. The van der Waals surface area contributed by atoms with Crippen molar-refractivity contribution in [3.8, 4) is 11.1 Å². The van der Waals surface area contributed by atoms with Gasteiger partial charge in [0.15, 0.2) is 0 Å². The second kappa shape index (κ2) is 6.02. The topological polar surface area (TPSA) is 38.2 Å². The molecule has 112 valence electrons. The molecule has 4 rings (SSSR count). The number of thiophene rings is 1. The zero-order valence-electron chi connectivity index (χ0n) is 12.2. The van der Waals surface area contributed by atoms with Gasteiger partial charge in [-0.2, -0.15) is 0 Å². The van der Waals surface area contributed by atoms with Crippen LogP contribution in [0.1, 0.15) is 6.42 Å². The maximum Gasteiger partial charge on any atom is 0.141 e. The number of benzene rings is 1. The lowest BCUT2D eigenvalue weighted by Gasteiger charge is -2.21. The van der Waals surface area contributed by atoms with Crippen molar-refractivity contribution in [2.24, 2.45) is 0 Å². The standard InChI is InChI=1S/C17H17N3OS/c1-2-5-13(6-3-1)14-11-22-17-15(14)16(18-12-19-17)20-7-4-9-21-10-8-20/h1-3,5-6,11-12H,4,7-10H2. The van der Waals surface area contributed by atoms with Crippen LogP contribution in [0.2, 0.25) is 0 Å². The number of hydrogen-bond donors (Lipinski definition) is 0. The highest BCUT2D eigenvalue weighted by atomic mass is 32.1. The first-order chi connectivity index (χ1) is 10.9. The van der Waals surface area contributed by atoms with Crippen LogP contribution in [-0.2, 0) is 4.74 Å². The second-order valence-corrected chi connectivity index (χ2v) is 6.20. The maximum absolute atomic E-state index is 5.57. The van der Waals surface area contributed by atoms with E-state index in [0.29, 0.717) is 0 Å². The summed E-state index contributed by atoms with van der Waals surface area (Å²) in [6.45, 7) is 3.46. The van der Waals surface area contributed by atoms with Gasteiger partial charge in [-0.15, -0.1) is 11.3 Å². The zero-order valence-corrected chi connectivity index (χ0v) is 13.1. The molecule has 0 radical (unpaired) electrons. The van der Waals surface area contributed by atoms with Crippen LogP contribution in [0.15, 0.2) is 42.0 Å². The van der Waals surface area contributed by atoms with Crippen LogP contribution in [0, 0.1) is 0 Å². The number of anilines is 1. The van der Waals surface area contributed by atoms with Crippen LogP contribution >= 0.6 is 11.3 Å². The quantitative estimate of drug-likeness (QED) is 0.725. The molecular weight excluding hydrogens is 294 g/mol. The van der Waals surface area contributed by atoms with Gasteiger partial charge in [-0.3, -0.25) is 0 Å². The SMILES string of the molecule is c1ccc(-c2csc3ncnc(N4CCCOCC4)c23)cc1. The van der Waals surface area contributed by atoms with Crippen molar-refractivity contribution in [2.75, 3.05) is 31.2 Å². The van der Waals surface area contributed by atoms with Crippen molar-refractivity contribution in [2.45, 2.75) is 6.42 Å². The average molecular weight is 311 g/mol. The summed E-state index contributed by atoms with van der Waals surface area (Å²) in [5.41, 5.74) is 2.44. The van der Waals surface area contributed by atoms with Crippen LogP contribution in [0.3, 0.4) is 0 Å². The lowest BCUT2D eigenvalue weighted by atomic mass is 10.1. The summed E-state index contributed by atoms with van der Waals surface area (Å²) in [6, 6.07) is 10.5. The lowest BCUT2D eigenvalue weighted by Crippen LogP contribution is -2.27. The molecule has 5 heteroatoms. The molecule has 1 saturated heterocycles. The molecule has 0 N–H and O–H groups in total. The molecule has 4 nitrogen and oxygen atoms in total. The van der Waals surface area contributed by atoms with E-state index in [1.54, 1.807) is 17.7 Å². The van der Waals surface area contributed by atoms with Crippen molar-refractivity contribution in [1.82, 2.24) is 9.97 Å². The average Bonchev–Trinajstić information content (AvgIpc) is 2.82. The van der Waals surface area contributed by atoms with Crippen LogP contribution in [0.25, 0.3) is 21.3 Å². The monoisotopic (exact) mass is 311 g/mol. The van der Waals surface area contributed by atoms with Gasteiger partial charge in [0.05, 0.1) is 12.0 Å². The van der Waals surface area contributed by atoms with E-state index >= 15 is 0 Å². The number of nitrogens with zero attached hydrogens (tertiary/aromatic N) is 3. The normalized spacial score (nSPS) is 15.9. The highest BCUT2D eigenvalue weighted by molar-refractivity contribution is 7.17. The van der Waals surface area contributed by atoms with Crippen molar-refractivity contribution in [3.05, 3.63) is 42.0 Å². The minimum absolute atomic E-state index is 0.760. The van der Waals surface area contributed by atoms with Crippen LogP contribution in [-0.4, -0.2) is 36.3 Å². The van der Waals surface area contributed by atoms with E-state index in [4.69, 9.17) is 4.74 Å². The van der Waals surface area contributed by atoms with E-state index in [0.717, 1.165) is 43.4 Å². The molecule has 22 heavy (non-hydrogen) atoms. The molecule has 3 heterocycles. The smallest absolute Gasteiger partial charge is 0.141 e. The van der Waals surface area contributed by atoms with Gasteiger partial charge in [-0.05, 0) is 12.0 Å². The maximum atomic E-state index is 5.57. The number of fused-ring (bicyclic) bond motifs is 1. The zero-order chi connectivity index (χ0) is 14.8. The molecule has 0 saturated carbocycles. The molecule has 1 fully saturated rings. The fourth-order valence-corrected chi connectivity index (χ4v) is 3.80. The molecule has 0 unspecified atom stereocenters. The first-order valence-electron chi connectivity index (χ1n) is 7.54. The molecular formula is C17H17N3OS. The third-order valence-corrected chi connectivity index (χ3v) is 4.84. The van der Waals surface area contributed by atoms with E-state index in [2.05, 4.69) is 44.5 Å². The molecule has 0 bridgehead atoms. The summed E-state index contributed by atoms with van der Waals surface area (Å²) < 4.78 is 5.57. The van der Waals surface area contributed by atoms with Gasteiger partial charge in [0, 0.05) is 30.6 Å². The van der Waals surface area contributed by atoms with Crippen molar-refractivity contribution in [3.63, 3.8) is 0 Å². The first-order valence-corrected chi connectivity index (χ1v) is 8.42. The molecule has 1 aliphatic heterocycles. The van der Waals surface area contributed by atoms with E-state index < -0.39 is 0 Å². The fourth-order valence-electron chi connectivity index (χ4n) is 2.89. The Labute approximate surface area is 133 Å². The summed E-state index contributed by atoms with van der Waals surface area (Å²) >= 11 is 1.68. The van der Waals surface area contributed by atoms with E-state index in [-0.39, 0.29) is 0 Å². The van der Waals surface area contributed by atoms with Crippen LogP contribution < -0.4 is 4.90 Å². The predicted molar refractivity (Wildman–Crippen MR) is 90.5 cm³/mol. The number of hydrogen-bond acceptors (Lipinski definition) is 5. The molecule has 1 aromatic carbocycles. The van der Waals surface area contributed by atoms with E-state index in [1.165, 1.54) is 16.5 Å². The highest BCUT2D eigenvalue weighted by Gasteiger charge is 2.18. The first kappa shape index (κ1) is 13.7. The second-order valence-electron chi connectivity index (χ2n) is 5.35. The molecule has 0 aliphatic carbocycles. The summed E-state index contributed by atoms with van der Waals surface area (Å²) in [4.78, 5) is 12.4. The Morgan fingerprint density at radius 1 is 1.05 bits per heavy atom. The number of rotatable bonds is 2. The third-order valence-electron chi connectivity index (χ3n) is 3.96. The predicted octanol–water partition coefficient (Wildman–Crippen LogP) is 3.59. The van der Waals surface area contributed by atoms with Crippen LogP contribution in [0.4, 0.5) is 5.82 Å². The Bertz CT molecular complexity index is 764. The van der Waals surface area contributed by atoms with Crippen molar-refractivity contribution >= 4 is 27.4 Å². The van der Waals surface area contributed by atoms with Gasteiger partial charge in [0.25, 0.3) is 0 Å². The third kappa shape index (κ3) is 2.46. The molecule has 2 aromatic heterocycles. The lowest BCUT2D eigenvalue weighted by molar-refractivity contribution is 0.152. The molecule has 3 aromatic rings. The Morgan fingerprint density at radius 3 is 2.86 bits per heavy atom. The van der Waals surface area contributed by atoms with E-state index in [1.807, 2.05) is 6.07 Å². The van der Waals surface area contributed by atoms with Gasteiger partial charge in [-0.1, -0.05) is 30.3 Å². The summed E-state index contributed by atoms with van der Waals surface area (Å²) in [7, 11) is 0. The summed E-state index contributed by atoms with van der Waals surface area (Å²) in [5.74, 6) is 1.04. The number of aromatic nitrogens is 2. The Morgan fingerprint density at radius 2 is 1.95 bits per heavy atom. The van der Waals surface area contributed by atoms with E-state index in [9.17, 15) is 0 Å². The fraction of sp³-hybridized carbons (Fsp3) is 0.294. The molecule has 0 atom stereocenters. The van der Waals surface area contributed by atoms with Gasteiger partial charge in [0.1, 0.15) is 17.0 Å². The Balaban J connectivity index is 1.86. The Hall–Kier alpha value is -1.98.